The summed E-state index contributed by atoms with van der Waals surface area (Å²) in [5.74, 6) is 0.814. The second-order valence-electron chi connectivity index (χ2n) is 7.31. The quantitative estimate of drug-likeness (QED) is 0.331. The van der Waals surface area contributed by atoms with Crippen LogP contribution in [0.4, 0.5) is 4.79 Å². The molecular weight excluding hydrogens is 481 g/mol. The van der Waals surface area contributed by atoms with Crippen LogP contribution in [0.25, 0.3) is 0 Å². The lowest BCUT2D eigenvalue weighted by molar-refractivity contribution is 0.0963. The zero-order valence-corrected chi connectivity index (χ0v) is 20.4. The van der Waals surface area contributed by atoms with Gasteiger partial charge in [-0.2, -0.15) is 0 Å². The highest BCUT2D eigenvalue weighted by atomic mass is 127. The molecule has 2 N–H and O–H groups in total. The van der Waals surface area contributed by atoms with Gasteiger partial charge in [-0.05, 0) is 39.3 Å². The van der Waals surface area contributed by atoms with Crippen molar-refractivity contribution >= 4 is 36.0 Å². The number of nitrogens with one attached hydrogen (secondary N) is 2. The number of hydrogen-bond acceptors (Lipinski definition) is 4. The minimum atomic E-state index is -0.210. The van der Waals surface area contributed by atoms with Crippen molar-refractivity contribution in [2.24, 2.45) is 4.99 Å². The summed E-state index contributed by atoms with van der Waals surface area (Å²) < 4.78 is 5.07. The molecular formula is C21H36IN5O2. The van der Waals surface area contributed by atoms with Crippen LogP contribution in [-0.2, 0) is 11.3 Å². The Morgan fingerprint density at radius 3 is 2.55 bits per heavy atom. The van der Waals surface area contributed by atoms with Gasteiger partial charge in [0.15, 0.2) is 5.96 Å². The van der Waals surface area contributed by atoms with E-state index in [1.54, 1.807) is 11.9 Å². The molecule has 7 nitrogen and oxygen atoms in total. The molecule has 1 heterocycles. The lowest BCUT2D eigenvalue weighted by Gasteiger charge is -2.32. The van der Waals surface area contributed by atoms with E-state index in [1.165, 1.54) is 5.56 Å². The Morgan fingerprint density at radius 2 is 1.97 bits per heavy atom. The van der Waals surface area contributed by atoms with Crippen molar-refractivity contribution in [1.82, 2.24) is 20.4 Å². The van der Waals surface area contributed by atoms with Crippen LogP contribution in [0.1, 0.15) is 32.3 Å². The summed E-state index contributed by atoms with van der Waals surface area (Å²) in [6.07, 6.45) is 1.57. The molecule has 29 heavy (non-hydrogen) atoms. The second kappa shape index (κ2) is 13.6. The Bertz CT molecular complexity index is 621. The molecule has 2 rings (SSSR count). The normalized spacial score (nSPS) is 16.2. The zero-order valence-electron chi connectivity index (χ0n) is 18.1. The number of carbonyl (C=O) groups excluding carboxylic acids is 1. The topological polar surface area (TPSA) is 69.2 Å². The number of likely N-dealkylation sites (tertiary alicyclic amines) is 1. The number of rotatable bonds is 7. The standard InChI is InChI=1S/C21H35N5O2.HI/c1-5-28-21(27)26-13-11-19(12-14-26)24-20(22-3)23-15-17(2)25(4)16-18-9-7-6-8-10-18;/h6-10,17,19H,5,11-16H2,1-4H3,(H2,22,23,24);1H. The number of hydrogen-bond donors (Lipinski definition) is 2. The van der Waals surface area contributed by atoms with E-state index >= 15 is 0 Å². The van der Waals surface area contributed by atoms with Crippen LogP contribution in [0.5, 0.6) is 0 Å². The molecule has 0 bridgehead atoms. The van der Waals surface area contributed by atoms with Crippen LogP contribution in [0.3, 0.4) is 0 Å². The molecule has 1 amide bonds. The van der Waals surface area contributed by atoms with Gasteiger partial charge in [0.25, 0.3) is 0 Å². The van der Waals surface area contributed by atoms with E-state index < -0.39 is 0 Å². The summed E-state index contributed by atoms with van der Waals surface area (Å²) >= 11 is 0. The summed E-state index contributed by atoms with van der Waals surface area (Å²) in [5.41, 5.74) is 1.31. The van der Waals surface area contributed by atoms with Gasteiger partial charge in [-0.3, -0.25) is 9.89 Å². The van der Waals surface area contributed by atoms with Gasteiger partial charge >= 0.3 is 6.09 Å². The van der Waals surface area contributed by atoms with E-state index in [0.717, 1.165) is 31.9 Å². The van der Waals surface area contributed by atoms with Crippen LogP contribution in [-0.4, -0.2) is 74.3 Å². The Hall–Kier alpha value is -1.55. The predicted molar refractivity (Wildman–Crippen MR) is 129 cm³/mol. The molecule has 0 aliphatic carbocycles. The Kier molecular flexibility index (Phi) is 12.0. The van der Waals surface area contributed by atoms with E-state index in [0.29, 0.717) is 31.8 Å². The Balaban J connectivity index is 0.00000420. The third-order valence-corrected chi connectivity index (χ3v) is 5.18. The SMILES string of the molecule is CCOC(=O)N1CCC(NC(=NC)NCC(C)N(C)Cc2ccccc2)CC1.I. The number of halogens is 1. The minimum Gasteiger partial charge on any atom is -0.450 e. The number of benzene rings is 1. The van der Waals surface area contributed by atoms with Crippen LogP contribution in [0.2, 0.25) is 0 Å². The van der Waals surface area contributed by atoms with Gasteiger partial charge in [-0.15, -0.1) is 24.0 Å². The number of ether oxygens (including phenoxy) is 1. The summed E-state index contributed by atoms with van der Waals surface area (Å²) in [6, 6.07) is 11.2. The van der Waals surface area contributed by atoms with E-state index in [-0.39, 0.29) is 30.1 Å². The summed E-state index contributed by atoms with van der Waals surface area (Å²) in [4.78, 5) is 20.3. The Morgan fingerprint density at radius 1 is 1.31 bits per heavy atom. The van der Waals surface area contributed by atoms with E-state index in [1.807, 2.05) is 13.0 Å². The molecule has 0 radical (unpaired) electrons. The van der Waals surface area contributed by atoms with Crippen LogP contribution in [0.15, 0.2) is 35.3 Å². The first-order valence-electron chi connectivity index (χ1n) is 10.2. The molecule has 1 aromatic rings. The fourth-order valence-electron chi connectivity index (χ4n) is 3.24. The molecule has 1 aliphatic rings. The van der Waals surface area contributed by atoms with Crippen LogP contribution < -0.4 is 10.6 Å². The molecule has 1 saturated heterocycles. The fraction of sp³-hybridized carbons (Fsp3) is 0.619. The van der Waals surface area contributed by atoms with Crippen molar-refractivity contribution in [3.05, 3.63) is 35.9 Å². The molecule has 1 aliphatic heterocycles. The monoisotopic (exact) mass is 517 g/mol. The average Bonchev–Trinajstić information content (AvgIpc) is 2.72. The second-order valence-corrected chi connectivity index (χ2v) is 7.31. The minimum absolute atomic E-state index is 0. The number of nitrogens with zero attached hydrogens (tertiary/aromatic N) is 3. The molecule has 1 atom stereocenters. The first kappa shape index (κ1) is 25.5. The molecule has 0 spiro atoms. The van der Waals surface area contributed by atoms with Crippen molar-refractivity contribution < 1.29 is 9.53 Å². The third kappa shape index (κ3) is 8.77. The molecule has 0 saturated carbocycles. The summed E-state index contributed by atoms with van der Waals surface area (Å²) in [7, 11) is 3.93. The molecule has 1 aromatic carbocycles. The van der Waals surface area contributed by atoms with Crippen molar-refractivity contribution in [2.45, 2.75) is 45.3 Å². The average molecular weight is 517 g/mol. The predicted octanol–water partition coefficient (Wildman–Crippen LogP) is 2.91. The molecule has 0 aromatic heterocycles. The maximum absolute atomic E-state index is 11.8. The maximum atomic E-state index is 11.8. The smallest absolute Gasteiger partial charge is 0.409 e. The highest BCUT2D eigenvalue weighted by molar-refractivity contribution is 14.0. The van der Waals surface area contributed by atoms with Crippen molar-refractivity contribution in [3.63, 3.8) is 0 Å². The van der Waals surface area contributed by atoms with Gasteiger partial charge in [0, 0.05) is 45.3 Å². The van der Waals surface area contributed by atoms with E-state index in [9.17, 15) is 4.79 Å². The van der Waals surface area contributed by atoms with Crippen molar-refractivity contribution in [2.75, 3.05) is 40.3 Å². The summed E-state index contributed by atoms with van der Waals surface area (Å²) in [5, 5.41) is 6.91. The zero-order chi connectivity index (χ0) is 20.4. The fourth-order valence-corrected chi connectivity index (χ4v) is 3.24. The lowest BCUT2D eigenvalue weighted by atomic mass is 10.1. The molecule has 8 heteroatoms. The van der Waals surface area contributed by atoms with Crippen molar-refractivity contribution in [3.8, 4) is 0 Å². The number of amides is 1. The van der Waals surface area contributed by atoms with Crippen LogP contribution in [0, 0.1) is 0 Å². The van der Waals surface area contributed by atoms with Gasteiger partial charge < -0.3 is 20.3 Å². The lowest BCUT2D eigenvalue weighted by Crippen LogP contribution is -2.51. The molecule has 1 unspecified atom stereocenters. The van der Waals surface area contributed by atoms with Gasteiger partial charge in [0.05, 0.1) is 6.61 Å². The Labute approximate surface area is 192 Å². The number of guanidine groups is 1. The largest absolute Gasteiger partial charge is 0.450 e. The van der Waals surface area contributed by atoms with E-state index in [2.05, 4.69) is 58.8 Å². The van der Waals surface area contributed by atoms with Gasteiger partial charge in [-0.25, -0.2) is 4.79 Å². The maximum Gasteiger partial charge on any atom is 0.409 e. The highest BCUT2D eigenvalue weighted by Crippen LogP contribution is 2.11. The summed E-state index contributed by atoms with van der Waals surface area (Å²) in [6.45, 7) is 7.62. The van der Waals surface area contributed by atoms with Gasteiger partial charge in [-0.1, -0.05) is 30.3 Å². The number of carbonyl (C=O) groups is 1. The van der Waals surface area contributed by atoms with Gasteiger partial charge in [0.2, 0.25) is 0 Å². The van der Waals surface area contributed by atoms with Gasteiger partial charge in [0.1, 0.15) is 0 Å². The first-order chi connectivity index (χ1) is 13.5. The number of likely N-dealkylation sites (N-methyl/N-ethyl adjacent to an activating group) is 1. The van der Waals surface area contributed by atoms with Crippen molar-refractivity contribution in [1.29, 1.82) is 0 Å². The third-order valence-electron chi connectivity index (χ3n) is 5.18. The molecule has 164 valence electrons. The van der Waals surface area contributed by atoms with Crippen LogP contribution >= 0.6 is 24.0 Å². The first-order valence-corrected chi connectivity index (χ1v) is 10.2. The highest BCUT2D eigenvalue weighted by Gasteiger charge is 2.24. The number of aliphatic imine (C=N–C) groups is 1. The number of piperidine rings is 1. The van der Waals surface area contributed by atoms with E-state index in [4.69, 9.17) is 4.74 Å². The molecule has 1 fully saturated rings.